The molecule has 448 valence electrons. The number of hydrogen-bond donors (Lipinski definition) is 5. The molecule has 0 aliphatic carbocycles. The third-order valence-corrected chi connectivity index (χ3v) is 16.0. The number of amides is 2. The van der Waals surface area contributed by atoms with Gasteiger partial charge < -0.3 is 26.0 Å². The number of carbonyl (C=O) groups excluding carboxylic acids is 2. The minimum Gasteiger partial charge on any atom is -0.391 e. The Labute approximate surface area is 469 Å². The molecule has 75 heavy (non-hydrogen) atoms. The molecule has 0 aromatic rings. The first-order chi connectivity index (χ1) is 36.7. The third-order valence-electron chi connectivity index (χ3n) is 16.0. The lowest BCUT2D eigenvalue weighted by Crippen LogP contribution is -2.47. The van der Waals surface area contributed by atoms with E-state index in [2.05, 4.69) is 57.4 Å². The second-order valence-electron chi connectivity index (χ2n) is 23.4. The van der Waals surface area contributed by atoms with Crippen molar-refractivity contribution in [2.45, 2.75) is 412 Å². The summed E-state index contributed by atoms with van der Waals surface area (Å²) < 4.78 is 0. The van der Waals surface area contributed by atoms with Gasteiger partial charge in [0, 0.05) is 6.42 Å². The molecule has 5 N–H and O–H groups in total. The van der Waals surface area contributed by atoms with E-state index in [0.29, 0.717) is 19.3 Å². The van der Waals surface area contributed by atoms with Crippen LogP contribution >= 0.6 is 0 Å². The fourth-order valence-electron chi connectivity index (χ4n) is 10.6. The molecule has 0 saturated carbocycles. The van der Waals surface area contributed by atoms with Gasteiger partial charge in [0.05, 0.1) is 24.3 Å². The summed E-state index contributed by atoms with van der Waals surface area (Å²) in [6.07, 6.45) is 67.6. The monoisotopic (exact) mass is 1060 g/mol. The maximum atomic E-state index is 12.4. The van der Waals surface area contributed by atoms with Crippen LogP contribution in [0, 0.1) is 0 Å². The van der Waals surface area contributed by atoms with E-state index in [9.17, 15) is 24.9 Å². The number of rotatable bonds is 59. The maximum Gasteiger partial charge on any atom is 0.249 e. The van der Waals surface area contributed by atoms with E-state index < -0.39 is 18.3 Å². The molecule has 0 aromatic carbocycles. The highest BCUT2D eigenvalue weighted by Gasteiger charge is 2.23. The molecule has 0 aliphatic heterocycles. The average Bonchev–Trinajstić information content (AvgIpc) is 3.41. The molecular formula is C68H136N2O5. The van der Waals surface area contributed by atoms with Crippen LogP contribution in [0.25, 0.3) is 0 Å². The van der Waals surface area contributed by atoms with Gasteiger partial charge in [0.25, 0.3) is 0 Å². The minimum atomic E-state index is -0.957. The van der Waals surface area contributed by atoms with Gasteiger partial charge in [-0.3, -0.25) is 9.59 Å². The normalized spacial score (nSPS) is 13.6. The Morgan fingerprint density at radius 1 is 0.320 bits per heavy atom. The van der Waals surface area contributed by atoms with Gasteiger partial charge in [0.1, 0.15) is 6.10 Å². The van der Waals surface area contributed by atoms with Crippen molar-refractivity contribution in [1.82, 2.24) is 10.6 Å². The van der Waals surface area contributed by atoms with Crippen molar-refractivity contribution in [3.63, 3.8) is 0 Å². The van der Waals surface area contributed by atoms with Crippen molar-refractivity contribution in [2.75, 3.05) is 0 Å². The zero-order valence-electron chi connectivity index (χ0n) is 51.7. The zero-order chi connectivity index (χ0) is 55.3. The van der Waals surface area contributed by atoms with Crippen molar-refractivity contribution in [2.24, 2.45) is 0 Å². The van der Waals surface area contributed by atoms with Crippen molar-refractivity contribution >= 4 is 11.8 Å². The molecule has 2 amide bonds. The fraction of sp³-hybridized carbons (Fsp3) is 0.941. The second-order valence-corrected chi connectivity index (χ2v) is 23.4. The lowest BCUT2D eigenvalue weighted by Gasteiger charge is -2.24. The molecule has 0 fully saturated rings. The molecule has 0 rings (SSSR count). The van der Waals surface area contributed by atoms with E-state index >= 15 is 0 Å². The van der Waals surface area contributed by atoms with Crippen LogP contribution in [0.4, 0.5) is 0 Å². The number of hydrogen-bond acceptors (Lipinski definition) is 5. The number of aliphatic hydroxyl groups excluding tert-OH is 3. The van der Waals surface area contributed by atoms with Gasteiger partial charge in [-0.25, -0.2) is 0 Å². The number of carbonyl (C=O) groups is 2. The predicted molar refractivity (Wildman–Crippen MR) is 330 cm³/mol. The Morgan fingerprint density at radius 3 is 0.893 bits per heavy atom. The Hall–Kier alpha value is -1.44. The smallest absolute Gasteiger partial charge is 0.249 e. The first kappa shape index (κ1) is 75.6. The van der Waals surface area contributed by atoms with E-state index in [1.165, 1.54) is 257 Å². The zero-order valence-corrected chi connectivity index (χ0v) is 51.7. The summed E-state index contributed by atoms with van der Waals surface area (Å²) in [5.74, 6) is -0.189. The van der Waals surface area contributed by atoms with Crippen molar-refractivity contribution in [1.29, 1.82) is 0 Å². The van der Waals surface area contributed by atoms with E-state index in [-0.39, 0.29) is 23.9 Å². The second kappa shape index (κ2) is 63.4. The molecule has 0 aliphatic rings. The van der Waals surface area contributed by atoms with Gasteiger partial charge >= 0.3 is 0 Å². The lowest BCUT2D eigenvalue weighted by molar-refractivity contribution is -0.131. The topological polar surface area (TPSA) is 119 Å². The van der Waals surface area contributed by atoms with Crippen LogP contribution in [0.3, 0.4) is 0 Å². The molecule has 7 heteroatoms. The number of unbranched alkanes of at least 4 members (excludes halogenated alkanes) is 42. The summed E-state index contributed by atoms with van der Waals surface area (Å²) in [6.45, 7) is 13.1. The van der Waals surface area contributed by atoms with Crippen LogP contribution in [-0.2, 0) is 9.59 Å². The molecular weight excluding hydrogens is 925 g/mol. The Bertz CT molecular complexity index is 1150. The predicted octanol–water partition coefficient (Wildman–Crippen LogP) is 20.4. The van der Waals surface area contributed by atoms with Crippen LogP contribution < -0.4 is 10.6 Å². The summed E-state index contributed by atoms with van der Waals surface area (Å²) in [4.78, 5) is 24.8. The number of aliphatic hydroxyl groups is 3. The van der Waals surface area contributed by atoms with E-state index in [1.807, 2.05) is 6.92 Å². The molecule has 0 aromatic heterocycles. The molecule has 0 saturated heterocycles. The van der Waals surface area contributed by atoms with Gasteiger partial charge in [0.15, 0.2) is 0 Å². The standard InChI is InChI=1S/C35H69NO3.C33H67NO2/c1-4-7-9-11-13-15-17-18-19-20-21-23-24-26-28-30-33(37)32(6-3)36-35(39)34(38)31-29-27-25-22-16-14-12-10-8-5-2;1-4-7-9-11-13-15-17-18-20-21-23-25-27-29-32(35)31(6-3)34-33(36)30-28-26-24-22-19-16-14-12-10-8-5-2/h15,17,32-34,37-38H,4-14,16,18-31H2,1-3H3,(H,36,39);31-32,35H,4-30H2,1-3H3,(H,34,36)/b17-15-;. The Morgan fingerprint density at radius 2 is 0.573 bits per heavy atom. The van der Waals surface area contributed by atoms with Crippen LogP contribution in [-0.4, -0.2) is 57.5 Å². The molecule has 5 unspecified atom stereocenters. The van der Waals surface area contributed by atoms with Crippen molar-refractivity contribution < 1.29 is 24.9 Å². The van der Waals surface area contributed by atoms with Gasteiger partial charge in [-0.15, -0.1) is 0 Å². The summed E-state index contributed by atoms with van der Waals surface area (Å²) in [5, 5.41) is 37.5. The van der Waals surface area contributed by atoms with E-state index in [0.717, 1.165) is 64.2 Å². The van der Waals surface area contributed by atoms with Gasteiger partial charge in [0.2, 0.25) is 11.8 Å². The minimum absolute atomic E-state index is 0.0810. The highest BCUT2D eigenvalue weighted by Crippen LogP contribution is 2.18. The summed E-state index contributed by atoms with van der Waals surface area (Å²) in [6, 6.07) is -0.345. The van der Waals surface area contributed by atoms with E-state index in [1.54, 1.807) is 0 Å². The van der Waals surface area contributed by atoms with Gasteiger partial charge in [-0.1, -0.05) is 323 Å². The lowest BCUT2D eigenvalue weighted by atomic mass is 10.00. The SMILES string of the molecule is CCCCCC/C=C\CCCCCCCCCC(O)C(CC)NC(=O)C(O)CCCCCCCCCCCC.CCCCCCCCCCCCCCCC(O)C(CC)NC(=O)CCCCCCCCCCCCC. The average molecular weight is 1060 g/mol. The third kappa shape index (κ3) is 57.1. The maximum absolute atomic E-state index is 12.4. The molecule has 0 spiro atoms. The fourth-order valence-corrected chi connectivity index (χ4v) is 10.6. The van der Waals surface area contributed by atoms with Crippen LogP contribution in [0.15, 0.2) is 12.2 Å². The number of allylic oxidation sites excluding steroid dienone is 2. The number of nitrogens with one attached hydrogen (secondary N) is 2. The van der Waals surface area contributed by atoms with Crippen LogP contribution in [0.2, 0.25) is 0 Å². The van der Waals surface area contributed by atoms with Gasteiger partial charge in [-0.05, 0) is 64.2 Å². The first-order valence-corrected chi connectivity index (χ1v) is 34.0. The summed E-state index contributed by atoms with van der Waals surface area (Å²) in [7, 11) is 0. The largest absolute Gasteiger partial charge is 0.391 e. The van der Waals surface area contributed by atoms with Crippen LogP contribution in [0.5, 0.6) is 0 Å². The molecule has 5 atom stereocenters. The Balaban J connectivity index is 0. The summed E-state index contributed by atoms with van der Waals surface area (Å²) in [5.41, 5.74) is 0. The van der Waals surface area contributed by atoms with Gasteiger partial charge in [-0.2, -0.15) is 0 Å². The highest BCUT2D eigenvalue weighted by atomic mass is 16.3. The molecule has 0 heterocycles. The Kier molecular flexibility index (Phi) is 63.9. The molecule has 0 radical (unpaired) electrons. The van der Waals surface area contributed by atoms with E-state index in [4.69, 9.17) is 0 Å². The van der Waals surface area contributed by atoms with Crippen LogP contribution in [0.1, 0.15) is 382 Å². The molecule has 0 bridgehead atoms. The quantitative estimate of drug-likeness (QED) is 0.0307. The molecule has 7 nitrogen and oxygen atoms in total. The van der Waals surface area contributed by atoms with Crippen molar-refractivity contribution in [3.8, 4) is 0 Å². The van der Waals surface area contributed by atoms with Crippen molar-refractivity contribution in [3.05, 3.63) is 12.2 Å². The highest BCUT2D eigenvalue weighted by molar-refractivity contribution is 5.80. The summed E-state index contributed by atoms with van der Waals surface area (Å²) >= 11 is 0. The first-order valence-electron chi connectivity index (χ1n) is 34.0.